The first-order valence-electron chi connectivity index (χ1n) is 10.3. The molecule has 29 heavy (non-hydrogen) atoms. The summed E-state index contributed by atoms with van der Waals surface area (Å²) in [5, 5.41) is 10.6. The molecule has 1 unspecified atom stereocenters. The van der Waals surface area contributed by atoms with Gasteiger partial charge in [0, 0.05) is 32.1 Å². The van der Waals surface area contributed by atoms with Crippen molar-refractivity contribution in [3.63, 3.8) is 0 Å². The number of hydrogen-bond donors (Lipinski definition) is 1. The zero-order chi connectivity index (χ0) is 20.5. The van der Waals surface area contributed by atoms with Crippen LogP contribution in [0.5, 0.6) is 5.75 Å². The molecule has 1 N–H and O–H groups in total. The molecular weight excluding hydrogens is 372 g/mol. The van der Waals surface area contributed by atoms with Crippen molar-refractivity contribution in [2.24, 2.45) is 5.92 Å². The lowest BCUT2D eigenvalue weighted by Gasteiger charge is -2.17. The maximum absolute atomic E-state index is 12.7. The Balaban J connectivity index is 1.54. The van der Waals surface area contributed by atoms with Gasteiger partial charge in [0.1, 0.15) is 11.5 Å². The van der Waals surface area contributed by atoms with Crippen molar-refractivity contribution >= 4 is 0 Å². The van der Waals surface area contributed by atoms with E-state index in [0.29, 0.717) is 63.1 Å². The highest BCUT2D eigenvalue weighted by atomic mass is 16.5. The molecule has 0 spiro atoms. The maximum atomic E-state index is 12.7. The Labute approximate surface area is 171 Å². The molecule has 0 amide bonds. The van der Waals surface area contributed by atoms with E-state index in [0.717, 1.165) is 18.4 Å². The SMILES string of the molecule is COCCOCCOCCCc1cc(O)c(C(c2ccccc2)C2CC2)c(=O)o1. The highest BCUT2D eigenvalue weighted by Gasteiger charge is 2.37. The van der Waals surface area contributed by atoms with Crippen LogP contribution in [0.1, 0.15) is 42.1 Å². The van der Waals surface area contributed by atoms with Crippen molar-refractivity contribution in [2.75, 3.05) is 40.1 Å². The Morgan fingerprint density at radius 2 is 1.76 bits per heavy atom. The Morgan fingerprint density at radius 1 is 1.07 bits per heavy atom. The second-order valence-corrected chi connectivity index (χ2v) is 7.35. The lowest BCUT2D eigenvalue weighted by Crippen LogP contribution is -2.16. The Hall–Kier alpha value is -2.15. The molecule has 1 fully saturated rings. The van der Waals surface area contributed by atoms with E-state index >= 15 is 0 Å². The van der Waals surface area contributed by atoms with Gasteiger partial charge < -0.3 is 23.7 Å². The van der Waals surface area contributed by atoms with Gasteiger partial charge in [0.15, 0.2) is 0 Å². The van der Waals surface area contributed by atoms with Crippen molar-refractivity contribution in [2.45, 2.75) is 31.6 Å². The molecule has 0 bridgehead atoms. The van der Waals surface area contributed by atoms with Gasteiger partial charge in [-0.1, -0.05) is 30.3 Å². The first-order chi connectivity index (χ1) is 14.2. The summed E-state index contributed by atoms with van der Waals surface area (Å²) in [6, 6.07) is 11.5. The number of ether oxygens (including phenoxy) is 3. The average Bonchev–Trinajstić information content (AvgIpc) is 3.55. The van der Waals surface area contributed by atoms with Gasteiger partial charge >= 0.3 is 5.63 Å². The summed E-state index contributed by atoms with van der Waals surface area (Å²) in [6.07, 6.45) is 3.36. The standard InChI is InChI=1S/C23H30O6/c1-26-12-13-28-15-14-27-11-5-8-19-16-20(24)22(23(25)29-19)21(18-9-10-18)17-6-3-2-4-7-17/h2-4,6-7,16,18,21,24H,5,8-15H2,1H3. The van der Waals surface area contributed by atoms with Crippen LogP contribution in [-0.4, -0.2) is 45.3 Å². The van der Waals surface area contributed by atoms with Crippen LogP contribution in [0.25, 0.3) is 0 Å². The van der Waals surface area contributed by atoms with Crippen LogP contribution in [0.3, 0.4) is 0 Å². The number of hydrogen-bond acceptors (Lipinski definition) is 6. The second kappa shape index (κ2) is 11.1. The lowest BCUT2D eigenvalue weighted by molar-refractivity contribution is 0.0242. The topological polar surface area (TPSA) is 78.1 Å². The van der Waals surface area contributed by atoms with Crippen molar-refractivity contribution in [1.29, 1.82) is 0 Å². The predicted molar refractivity (Wildman–Crippen MR) is 109 cm³/mol. The van der Waals surface area contributed by atoms with E-state index in [-0.39, 0.29) is 11.7 Å². The Bertz CT molecular complexity index is 797. The minimum atomic E-state index is -0.437. The van der Waals surface area contributed by atoms with Crippen LogP contribution < -0.4 is 5.63 Å². The summed E-state index contributed by atoms with van der Waals surface area (Å²) in [4.78, 5) is 12.7. The first kappa shape index (κ1) is 21.6. The summed E-state index contributed by atoms with van der Waals surface area (Å²) >= 11 is 0. The third-order valence-corrected chi connectivity index (χ3v) is 5.10. The summed E-state index contributed by atoms with van der Waals surface area (Å²) < 4.78 is 21.3. The van der Waals surface area contributed by atoms with Gasteiger partial charge in [-0.05, 0) is 30.7 Å². The van der Waals surface area contributed by atoms with Crippen LogP contribution >= 0.6 is 0 Å². The van der Waals surface area contributed by atoms with Crippen LogP contribution in [0.4, 0.5) is 0 Å². The third kappa shape index (κ3) is 6.42. The molecule has 0 saturated heterocycles. The van der Waals surface area contributed by atoms with Gasteiger partial charge in [-0.15, -0.1) is 0 Å². The zero-order valence-corrected chi connectivity index (χ0v) is 17.0. The highest BCUT2D eigenvalue weighted by Crippen LogP contribution is 2.47. The molecule has 2 aromatic rings. The second-order valence-electron chi connectivity index (χ2n) is 7.35. The monoisotopic (exact) mass is 402 g/mol. The summed E-state index contributed by atoms with van der Waals surface area (Å²) in [7, 11) is 1.64. The molecule has 6 heteroatoms. The van der Waals surface area contributed by atoms with Crippen molar-refractivity contribution in [3.05, 3.63) is 63.7 Å². The molecular formula is C23H30O6. The Morgan fingerprint density at radius 3 is 2.41 bits per heavy atom. The van der Waals surface area contributed by atoms with Crippen LogP contribution in [0, 0.1) is 5.92 Å². The van der Waals surface area contributed by atoms with Crippen LogP contribution in [0.15, 0.2) is 45.6 Å². The van der Waals surface area contributed by atoms with E-state index in [1.165, 1.54) is 0 Å². The van der Waals surface area contributed by atoms with Gasteiger partial charge in [0.2, 0.25) is 0 Å². The van der Waals surface area contributed by atoms with Gasteiger partial charge in [-0.2, -0.15) is 0 Å². The number of benzene rings is 1. The zero-order valence-electron chi connectivity index (χ0n) is 17.0. The number of aromatic hydroxyl groups is 1. The van der Waals surface area contributed by atoms with Crippen LogP contribution in [-0.2, 0) is 20.6 Å². The van der Waals surface area contributed by atoms with E-state index in [2.05, 4.69) is 0 Å². The van der Waals surface area contributed by atoms with Crippen LogP contribution in [0.2, 0.25) is 0 Å². The minimum absolute atomic E-state index is 0.0319. The van der Waals surface area contributed by atoms with Crippen molar-refractivity contribution in [1.82, 2.24) is 0 Å². The fourth-order valence-electron chi connectivity index (χ4n) is 3.52. The molecule has 1 heterocycles. The molecule has 0 aliphatic heterocycles. The van der Waals surface area contributed by atoms with E-state index in [1.54, 1.807) is 13.2 Å². The van der Waals surface area contributed by atoms with Crippen molar-refractivity contribution in [3.8, 4) is 5.75 Å². The van der Waals surface area contributed by atoms with E-state index in [4.69, 9.17) is 18.6 Å². The lowest BCUT2D eigenvalue weighted by atomic mass is 9.87. The molecule has 1 saturated carbocycles. The molecule has 1 aliphatic carbocycles. The number of methoxy groups -OCH3 is 1. The smallest absolute Gasteiger partial charge is 0.343 e. The maximum Gasteiger partial charge on any atom is 0.343 e. The molecule has 3 rings (SSSR count). The summed E-state index contributed by atoms with van der Waals surface area (Å²) in [5.41, 5.74) is 0.992. The predicted octanol–water partition coefficient (Wildman–Crippen LogP) is 3.50. The van der Waals surface area contributed by atoms with Crippen molar-refractivity contribution < 1.29 is 23.7 Å². The molecule has 1 aliphatic rings. The average molecular weight is 402 g/mol. The van der Waals surface area contributed by atoms with E-state index in [9.17, 15) is 9.90 Å². The fraction of sp³-hybridized carbons (Fsp3) is 0.522. The number of aryl methyl sites for hydroxylation is 1. The first-order valence-corrected chi connectivity index (χ1v) is 10.3. The van der Waals surface area contributed by atoms with Gasteiger partial charge in [-0.3, -0.25) is 0 Å². The van der Waals surface area contributed by atoms with Gasteiger partial charge in [0.05, 0.1) is 32.0 Å². The highest BCUT2D eigenvalue weighted by molar-refractivity contribution is 5.41. The molecule has 0 radical (unpaired) electrons. The molecule has 158 valence electrons. The molecule has 1 aromatic carbocycles. The van der Waals surface area contributed by atoms with E-state index < -0.39 is 5.63 Å². The molecule has 1 aromatic heterocycles. The minimum Gasteiger partial charge on any atom is -0.507 e. The summed E-state index contributed by atoms with van der Waals surface area (Å²) in [6.45, 7) is 2.70. The fourth-order valence-corrected chi connectivity index (χ4v) is 3.52. The Kier molecular flexibility index (Phi) is 8.28. The third-order valence-electron chi connectivity index (χ3n) is 5.10. The summed E-state index contributed by atoms with van der Waals surface area (Å²) in [5.74, 6) is 0.794. The molecule has 1 atom stereocenters. The largest absolute Gasteiger partial charge is 0.507 e. The quantitative estimate of drug-likeness (QED) is 0.517. The number of rotatable bonds is 13. The molecule has 6 nitrogen and oxygen atoms in total. The van der Waals surface area contributed by atoms with Gasteiger partial charge in [-0.25, -0.2) is 4.79 Å². The van der Waals surface area contributed by atoms with Gasteiger partial charge in [0.25, 0.3) is 0 Å². The normalized spacial score (nSPS) is 14.8. The van der Waals surface area contributed by atoms with E-state index in [1.807, 2.05) is 30.3 Å².